The second kappa shape index (κ2) is 5.87. The van der Waals surface area contributed by atoms with E-state index in [1.54, 1.807) is 30.5 Å². The number of carbonyl (C=O) groups excluding carboxylic acids is 1. The first-order chi connectivity index (χ1) is 11.3. The van der Waals surface area contributed by atoms with Crippen LogP contribution in [0.2, 0.25) is 0 Å². The monoisotopic (exact) mass is 335 g/mol. The number of nitrogen functional groups attached to an aromatic ring is 1. The van der Waals surface area contributed by atoms with Crippen LogP contribution in [0.5, 0.6) is 0 Å². The van der Waals surface area contributed by atoms with Crippen molar-refractivity contribution in [2.45, 2.75) is 25.4 Å². The van der Waals surface area contributed by atoms with Gasteiger partial charge in [-0.15, -0.1) is 0 Å². The summed E-state index contributed by atoms with van der Waals surface area (Å²) < 4.78 is 7.37. The summed E-state index contributed by atoms with van der Waals surface area (Å²) in [7, 11) is 5.12. The summed E-state index contributed by atoms with van der Waals surface area (Å²) >= 11 is 0. The molecule has 1 amide bonds. The molecular formula is C14H21N7O3. The van der Waals surface area contributed by atoms with Crippen molar-refractivity contribution in [3.63, 3.8) is 0 Å². The van der Waals surface area contributed by atoms with E-state index in [0.29, 0.717) is 17.1 Å². The van der Waals surface area contributed by atoms with Crippen molar-refractivity contribution in [3.05, 3.63) is 6.33 Å². The number of ether oxygens (including phenoxy) is 1. The fraction of sp³-hybridized carbons (Fsp3) is 0.571. The zero-order valence-corrected chi connectivity index (χ0v) is 14.0. The largest absolute Gasteiger partial charge is 0.388 e. The van der Waals surface area contributed by atoms with Crippen LogP contribution < -0.4 is 16.0 Å². The van der Waals surface area contributed by atoms with Gasteiger partial charge in [0.05, 0.1) is 6.33 Å². The molecule has 3 heterocycles. The number of rotatable bonds is 3. The number of nitrogens with zero attached hydrogens (tertiary/aromatic N) is 5. The average molecular weight is 335 g/mol. The molecule has 1 saturated heterocycles. The summed E-state index contributed by atoms with van der Waals surface area (Å²) in [6, 6.07) is 0. The minimum absolute atomic E-state index is 0.242. The lowest BCUT2D eigenvalue weighted by atomic mass is 10.00. The molecular weight excluding hydrogens is 314 g/mol. The molecule has 2 unspecified atom stereocenters. The van der Waals surface area contributed by atoms with Crippen LogP contribution in [0.4, 0.5) is 11.8 Å². The van der Waals surface area contributed by atoms with Crippen molar-refractivity contribution in [3.8, 4) is 0 Å². The lowest BCUT2D eigenvalue weighted by Gasteiger charge is -2.18. The molecule has 0 bridgehead atoms. The van der Waals surface area contributed by atoms with Crippen LogP contribution in [0.15, 0.2) is 6.33 Å². The van der Waals surface area contributed by atoms with E-state index in [4.69, 9.17) is 10.5 Å². The van der Waals surface area contributed by atoms with Gasteiger partial charge in [-0.2, -0.15) is 9.97 Å². The van der Waals surface area contributed by atoms with Crippen molar-refractivity contribution in [2.75, 3.05) is 31.8 Å². The first kappa shape index (κ1) is 16.4. The third-order valence-electron chi connectivity index (χ3n) is 4.21. The molecule has 0 aromatic carbocycles. The molecule has 3 rings (SSSR count). The molecule has 2 aromatic rings. The Bertz CT molecular complexity index is 775. The van der Waals surface area contributed by atoms with Gasteiger partial charge in [0.15, 0.2) is 17.7 Å². The van der Waals surface area contributed by atoms with Crippen molar-refractivity contribution in [2.24, 2.45) is 5.92 Å². The van der Waals surface area contributed by atoms with Crippen molar-refractivity contribution < 1.29 is 14.6 Å². The molecule has 0 aliphatic carbocycles. The molecule has 10 heteroatoms. The SMILES string of the molecule is CNC(=O)[C@H]1O[C@@H](n2cnc3c(N)nc(N(C)C)nc32)C(O)C1C. The van der Waals surface area contributed by atoms with E-state index in [1.807, 2.05) is 0 Å². The number of imidazole rings is 1. The Hall–Kier alpha value is -2.46. The minimum atomic E-state index is -0.885. The molecule has 4 atom stereocenters. The standard InChI is InChI=1S/C14H21N7O3/c1-6-8(22)13(24-9(6)12(23)16-2)21-5-17-7-10(15)18-14(20(3)4)19-11(7)21/h5-6,8-9,13,22H,1-4H3,(H,16,23)(H2,15,18,19)/t6?,8?,9-,13+/m0/s1. The van der Waals surface area contributed by atoms with Gasteiger partial charge in [0.25, 0.3) is 0 Å². The lowest BCUT2D eigenvalue weighted by molar-refractivity contribution is -0.135. The second-order valence-corrected chi connectivity index (χ2v) is 6.04. The van der Waals surface area contributed by atoms with Crippen LogP contribution in [0.25, 0.3) is 11.2 Å². The zero-order chi connectivity index (χ0) is 17.6. The number of aliphatic hydroxyl groups is 1. The van der Waals surface area contributed by atoms with Gasteiger partial charge in [-0.1, -0.05) is 6.92 Å². The highest BCUT2D eigenvalue weighted by Crippen LogP contribution is 2.35. The number of anilines is 2. The Kier molecular flexibility index (Phi) is 4.01. The van der Waals surface area contributed by atoms with E-state index in [2.05, 4.69) is 20.3 Å². The Balaban J connectivity index is 2.05. The van der Waals surface area contributed by atoms with Crippen LogP contribution in [0, 0.1) is 5.92 Å². The van der Waals surface area contributed by atoms with Gasteiger partial charge in [0.1, 0.15) is 17.7 Å². The highest BCUT2D eigenvalue weighted by atomic mass is 16.5. The molecule has 0 spiro atoms. The molecule has 2 aromatic heterocycles. The topological polar surface area (TPSA) is 131 Å². The number of aliphatic hydroxyl groups excluding tert-OH is 1. The molecule has 0 radical (unpaired) electrons. The zero-order valence-electron chi connectivity index (χ0n) is 14.0. The summed E-state index contributed by atoms with van der Waals surface area (Å²) in [6.45, 7) is 1.76. The quantitative estimate of drug-likeness (QED) is 0.658. The lowest BCUT2D eigenvalue weighted by Crippen LogP contribution is -2.36. The Labute approximate surface area is 138 Å². The predicted octanol–water partition coefficient (Wildman–Crippen LogP) is -0.885. The summed E-state index contributed by atoms with van der Waals surface area (Å²) in [4.78, 5) is 26.5. The highest BCUT2D eigenvalue weighted by Gasteiger charge is 2.45. The van der Waals surface area contributed by atoms with Crippen LogP contribution in [-0.2, 0) is 9.53 Å². The number of likely N-dealkylation sites (N-methyl/N-ethyl adjacent to an activating group) is 1. The maximum Gasteiger partial charge on any atom is 0.249 e. The van der Waals surface area contributed by atoms with Crippen molar-refractivity contribution in [1.82, 2.24) is 24.8 Å². The summed E-state index contributed by atoms with van der Waals surface area (Å²) in [6.07, 6.45) is -0.928. The van der Waals surface area contributed by atoms with Gasteiger partial charge in [-0.25, -0.2) is 4.98 Å². The third kappa shape index (κ3) is 2.43. The van der Waals surface area contributed by atoms with Gasteiger partial charge in [-0.05, 0) is 0 Å². The van der Waals surface area contributed by atoms with Crippen LogP contribution in [0.3, 0.4) is 0 Å². The van der Waals surface area contributed by atoms with Crippen LogP contribution in [0.1, 0.15) is 13.2 Å². The maximum atomic E-state index is 11.9. The summed E-state index contributed by atoms with van der Waals surface area (Å²) in [5.41, 5.74) is 6.81. The van der Waals surface area contributed by atoms with Gasteiger partial charge in [0.2, 0.25) is 11.9 Å². The van der Waals surface area contributed by atoms with Gasteiger partial charge in [-0.3, -0.25) is 9.36 Å². The minimum Gasteiger partial charge on any atom is -0.388 e. The fourth-order valence-corrected chi connectivity index (χ4v) is 2.78. The molecule has 1 aliphatic heterocycles. The number of carbonyl (C=O) groups is 1. The third-order valence-corrected chi connectivity index (χ3v) is 4.21. The first-order valence-electron chi connectivity index (χ1n) is 7.57. The highest BCUT2D eigenvalue weighted by molar-refractivity contribution is 5.83. The van der Waals surface area contributed by atoms with E-state index in [1.165, 1.54) is 13.4 Å². The molecule has 130 valence electrons. The Morgan fingerprint density at radius 1 is 1.46 bits per heavy atom. The second-order valence-electron chi connectivity index (χ2n) is 6.04. The van der Waals surface area contributed by atoms with Gasteiger partial charge < -0.3 is 25.8 Å². The Morgan fingerprint density at radius 2 is 2.17 bits per heavy atom. The van der Waals surface area contributed by atoms with Crippen molar-refractivity contribution >= 4 is 28.8 Å². The molecule has 4 N–H and O–H groups in total. The Morgan fingerprint density at radius 3 is 2.79 bits per heavy atom. The number of fused-ring (bicyclic) bond motifs is 1. The smallest absolute Gasteiger partial charge is 0.249 e. The molecule has 1 aliphatic rings. The number of amides is 1. The van der Waals surface area contributed by atoms with Gasteiger partial charge >= 0.3 is 0 Å². The van der Waals surface area contributed by atoms with Crippen LogP contribution >= 0.6 is 0 Å². The summed E-state index contributed by atoms with van der Waals surface area (Å²) in [5, 5.41) is 13.1. The number of hydrogen-bond acceptors (Lipinski definition) is 8. The first-order valence-corrected chi connectivity index (χ1v) is 7.57. The molecule has 0 saturated carbocycles. The van der Waals surface area contributed by atoms with E-state index < -0.39 is 18.4 Å². The van der Waals surface area contributed by atoms with E-state index in [9.17, 15) is 9.90 Å². The number of nitrogens with one attached hydrogen (secondary N) is 1. The van der Waals surface area contributed by atoms with Crippen LogP contribution in [-0.4, -0.2) is 63.9 Å². The normalized spacial score (nSPS) is 26.7. The van der Waals surface area contributed by atoms with Gasteiger partial charge in [0, 0.05) is 27.1 Å². The van der Waals surface area contributed by atoms with E-state index in [-0.39, 0.29) is 17.6 Å². The predicted molar refractivity (Wildman–Crippen MR) is 87.2 cm³/mol. The summed E-state index contributed by atoms with van der Waals surface area (Å²) in [5.74, 6) is 0.00691. The number of hydrogen-bond donors (Lipinski definition) is 3. The van der Waals surface area contributed by atoms with E-state index >= 15 is 0 Å². The number of nitrogens with two attached hydrogens (primary N) is 1. The fourth-order valence-electron chi connectivity index (χ4n) is 2.78. The molecule has 10 nitrogen and oxygen atoms in total. The van der Waals surface area contributed by atoms with Crippen molar-refractivity contribution in [1.29, 1.82) is 0 Å². The molecule has 24 heavy (non-hydrogen) atoms. The maximum absolute atomic E-state index is 11.9. The molecule has 1 fully saturated rings. The van der Waals surface area contributed by atoms with E-state index in [0.717, 1.165) is 0 Å². The average Bonchev–Trinajstić information content (AvgIpc) is 3.09. The number of aromatic nitrogens is 4.